The first-order valence-corrected chi connectivity index (χ1v) is 1.82. The molecule has 0 fully saturated rings. The van der Waals surface area contributed by atoms with Crippen molar-refractivity contribution >= 4 is 6.92 Å². The molecule has 0 atom stereocenters. The van der Waals surface area contributed by atoms with Gasteiger partial charge in [0.2, 0.25) is 0 Å². The summed E-state index contributed by atoms with van der Waals surface area (Å²) in [6.07, 6.45) is 0. The molecule has 0 heterocycles. The van der Waals surface area contributed by atoms with Crippen LogP contribution in [-0.4, -0.2) is 12.1 Å². The Morgan fingerprint density at radius 1 is 1.67 bits per heavy atom. The van der Waals surface area contributed by atoms with Crippen molar-refractivity contribution in [1.29, 1.82) is 0 Å². The highest BCUT2D eigenvalue weighted by Gasteiger charge is 1.93. The molecule has 0 aromatic carbocycles. The second kappa shape index (κ2) is 3.15. The zero-order valence-electron chi connectivity index (χ0n) is 3.93. The number of hydrogen-bond donors (Lipinski definition) is 2. The van der Waals surface area contributed by atoms with Crippen molar-refractivity contribution in [2.75, 3.05) is 0 Å². The first-order chi connectivity index (χ1) is 2.77. The molecule has 0 radical (unpaired) electrons. The van der Waals surface area contributed by atoms with Crippen molar-refractivity contribution in [1.82, 2.24) is 5.64 Å². The van der Waals surface area contributed by atoms with Crippen LogP contribution in [0.3, 0.4) is 0 Å². The van der Waals surface area contributed by atoms with Crippen LogP contribution in [-0.2, 0) is 4.76 Å². The van der Waals surface area contributed by atoms with Gasteiger partial charge >= 0.3 is 6.92 Å². The molecule has 0 aliphatic carbocycles. The lowest BCUT2D eigenvalue weighted by Crippen LogP contribution is -2.18. The van der Waals surface area contributed by atoms with Crippen LogP contribution in [0.15, 0.2) is 0 Å². The molecule has 0 saturated heterocycles. The molecular weight excluding hydrogens is 80.8 g/mol. The van der Waals surface area contributed by atoms with E-state index in [-0.39, 0.29) is 6.92 Å². The van der Waals surface area contributed by atoms with E-state index in [1.807, 2.05) is 13.6 Å². The Morgan fingerprint density at radius 3 is 2.17 bits per heavy atom. The van der Waals surface area contributed by atoms with Crippen LogP contribution in [0.5, 0.6) is 0 Å². The summed E-state index contributed by atoms with van der Waals surface area (Å²) in [5.41, 5.74) is 1.57. The van der Waals surface area contributed by atoms with E-state index >= 15 is 0 Å². The molecule has 0 aliphatic heterocycles. The van der Waals surface area contributed by atoms with E-state index in [1.165, 1.54) is 0 Å². The van der Waals surface area contributed by atoms with Crippen LogP contribution >= 0.6 is 0 Å². The molecule has 36 valence electrons. The Kier molecular flexibility index (Phi) is 3.12. The maximum absolute atomic E-state index is 7.76. The number of hydrogen-bond acceptors (Lipinski definition) is 3. The highest BCUT2D eigenvalue weighted by Crippen LogP contribution is 1.73. The minimum atomic E-state index is 0.0370. The third kappa shape index (κ3) is 3.94. The average Bonchev–Trinajstić information content (AvgIpc) is 1.35. The van der Waals surface area contributed by atoms with Crippen LogP contribution in [0.1, 0.15) is 0 Å². The first-order valence-electron chi connectivity index (χ1n) is 1.82. The van der Waals surface area contributed by atoms with E-state index in [9.17, 15) is 0 Å². The SMILES string of the molecule is CB(C)ONO. The third-order valence-corrected chi connectivity index (χ3v) is 0.288. The third-order valence-electron chi connectivity index (χ3n) is 0.288. The van der Waals surface area contributed by atoms with Crippen molar-refractivity contribution < 1.29 is 9.96 Å². The minimum absolute atomic E-state index is 0.0370. The summed E-state index contributed by atoms with van der Waals surface area (Å²) >= 11 is 0. The molecular formula is C2H8BNO2. The fraction of sp³-hybridized carbons (Fsp3) is 1.00. The van der Waals surface area contributed by atoms with Crippen LogP contribution in [0, 0.1) is 0 Å². The summed E-state index contributed by atoms with van der Waals surface area (Å²) in [5.74, 6) is 0. The van der Waals surface area contributed by atoms with Crippen molar-refractivity contribution in [3.8, 4) is 0 Å². The van der Waals surface area contributed by atoms with Gasteiger partial charge in [0.1, 0.15) is 0 Å². The van der Waals surface area contributed by atoms with Gasteiger partial charge in [0.05, 0.1) is 0 Å². The quantitative estimate of drug-likeness (QED) is 0.373. The van der Waals surface area contributed by atoms with E-state index in [2.05, 4.69) is 4.76 Å². The van der Waals surface area contributed by atoms with Crippen molar-refractivity contribution in [3.05, 3.63) is 0 Å². The zero-order valence-corrected chi connectivity index (χ0v) is 3.93. The number of nitrogens with one attached hydrogen (secondary N) is 1. The monoisotopic (exact) mass is 89.1 g/mol. The van der Waals surface area contributed by atoms with E-state index in [0.29, 0.717) is 0 Å². The Labute approximate surface area is 37.3 Å². The van der Waals surface area contributed by atoms with Crippen LogP contribution in [0.2, 0.25) is 13.6 Å². The molecule has 6 heavy (non-hydrogen) atoms. The highest BCUT2D eigenvalue weighted by atomic mass is 16.8. The second-order valence-electron chi connectivity index (χ2n) is 1.26. The Morgan fingerprint density at radius 2 is 2.17 bits per heavy atom. The van der Waals surface area contributed by atoms with Crippen LogP contribution in [0.25, 0.3) is 0 Å². The molecule has 0 aliphatic rings. The summed E-state index contributed by atoms with van der Waals surface area (Å²) < 4.78 is 4.35. The molecule has 0 unspecified atom stereocenters. The summed E-state index contributed by atoms with van der Waals surface area (Å²) in [6.45, 7) is 3.65. The van der Waals surface area contributed by atoms with Gasteiger partial charge in [-0.25, -0.2) is 0 Å². The van der Waals surface area contributed by atoms with E-state index < -0.39 is 0 Å². The van der Waals surface area contributed by atoms with Gasteiger partial charge in [0.25, 0.3) is 0 Å². The predicted octanol–water partition coefficient (Wildman–Crippen LogP) is 0.148. The van der Waals surface area contributed by atoms with E-state index in [0.717, 1.165) is 0 Å². The van der Waals surface area contributed by atoms with Crippen LogP contribution < -0.4 is 5.64 Å². The predicted molar refractivity (Wildman–Crippen MR) is 23.5 cm³/mol. The van der Waals surface area contributed by atoms with E-state index in [4.69, 9.17) is 5.21 Å². The molecule has 0 aromatic rings. The largest absolute Gasteiger partial charge is 0.342 e. The molecule has 0 spiro atoms. The first kappa shape index (κ1) is 5.94. The van der Waals surface area contributed by atoms with Crippen molar-refractivity contribution in [2.45, 2.75) is 13.6 Å². The lowest BCUT2D eigenvalue weighted by molar-refractivity contribution is -0.0457. The molecule has 0 amide bonds. The van der Waals surface area contributed by atoms with Gasteiger partial charge in [-0.3, -0.25) is 5.21 Å². The van der Waals surface area contributed by atoms with Gasteiger partial charge in [-0.1, -0.05) is 19.3 Å². The maximum Gasteiger partial charge on any atom is 0.318 e. The minimum Gasteiger partial charge on any atom is -0.342 e. The normalized spacial score (nSPS) is 8.50. The average molecular weight is 88.9 g/mol. The number of rotatable bonds is 2. The maximum atomic E-state index is 7.76. The molecule has 4 heteroatoms. The molecule has 2 N–H and O–H groups in total. The topological polar surface area (TPSA) is 41.5 Å². The lowest BCUT2D eigenvalue weighted by Gasteiger charge is -1.96. The van der Waals surface area contributed by atoms with Gasteiger partial charge in [-0.2, -0.15) is 0 Å². The standard InChI is InChI=1S/C2H8BNO2/c1-3(2)6-4-5/h4-5H,1-2H3. The zero-order chi connectivity index (χ0) is 4.99. The van der Waals surface area contributed by atoms with Gasteiger partial charge in [-0.05, 0) is 0 Å². The summed E-state index contributed by atoms with van der Waals surface area (Å²) in [6, 6.07) is 0. The van der Waals surface area contributed by atoms with Crippen LogP contribution in [0.4, 0.5) is 0 Å². The molecule has 0 aromatic heterocycles. The smallest absolute Gasteiger partial charge is 0.318 e. The Bertz CT molecular complexity index is 32.7. The molecule has 3 nitrogen and oxygen atoms in total. The molecule has 0 saturated carbocycles. The second-order valence-corrected chi connectivity index (χ2v) is 1.26. The summed E-state index contributed by atoms with van der Waals surface area (Å²) in [5, 5.41) is 7.76. The fourth-order valence-corrected chi connectivity index (χ4v) is 0.105. The summed E-state index contributed by atoms with van der Waals surface area (Å²) in [4.78, 5) is 0. The van der Waals surface area contributed by atoms with Gasteiger partial charge < -0.3 is 4.76 Å². The molecule has 0 bridgehead atoms. The Hall–Kier alpha value is -0.0551. The fourth-order valence-electron chi connectivity index (χ4n) is 0.105. The van der Waals surface area contributed by atoms with Gasteiger partial charge in [0, 0.05) is 0 Å². The van der Waals surface area contributed by atoms with Crippen molar-refractivity contribution in [2.24, 2.45) is 0 Å². The molecule has 0 rings (SSSR count). The summed E-state index contributed by atoms with van der Waals surface area (Å²) in [7, 11) is 0. The highest BCUT2D eigenvalue weighted by molar-refractivity contribution is 6.48. The van der Waals surface area contributed by atoms with Gasteiger partial charge in [0.15, 0.2) is 0 Å². The van der Waals surface area contributed by atoms with Gasteiger partial charge in [-0.15, -0.1) is 0 Å². The Balaban J connectivity index is 2.63. The lowest BCUT2D eigenvalue weighted by atomic mass is 9.76. The van der Waals surface area contributed by atoms with Crippen molar-refractivity contribution in [3.63, 3.8) is 0 Å². The van der Waals surface area contributed by atoms with E-state index in [1.54, 1.807) is 5.64 Å².